The first-order chi connectivity index (χ1) is 8.90. The Labute approximate surface area is 107 Å². The van der Waals surface area contributed by atoms with E-state index in [2.05, 4.69) is 0 Å². The molecule has 0 aromatic heterocycles. The molecule has 0 saturated heterocycles. The van der Waals surface area contributed by atoms with Crippen LogP contribution in [-0.2, 0) is 0 Å². The highest BCUT2D eigenvalue weighted by Gasteiger charge is 1.97. The van der Waals surface area contributed by atoms with Crippen molar-refractivity contribution < 1.29 is 4.74 Å². The quantitative estimate of drug-likeness (QED) is 0.789. The van der Waals surface area contributed by atoms with Crippen molar-refractivity contribution in [1.82, 2.24) is 0 Å². The fourth-order valence-electron chi connectivity index (χ4n) is 1.62. The summed E-state index contributed by atoms with van der Waals surface area (Å²) in [7, 11) is 0. The minimum Gasteiger partial charge on any atom is -0.489 e. The van der Waals surface area contributed by atoms with Crippen LogP contribution < -0.4 is 4.74 Å². The van der Waals surface area contributed by atoms with Crippen LogP contribution in [0.3, 0.4) is 0 Å². The Morgan fingerprint density at radius 1 is 0.944 bits per heavy atom. The largest absolute Gasteiger partial charge is 0.489 e. The number of nitrogens with one attached hydrogen (secondary N) is 1. The average Bonchev–Trinajstić information content (AvgIpc) is 2.45. The Kier molecular flexibility index (Phi) is 4.31. The molecular weight excluding hydrogens is 222 g/mol. The topological polar surface area (TPSA) is 33.1 Å². The molecule has 2 aromatic carbocycles. The lowest BCUT2D eigenvalue weighted by molar-refractivity contribution is 0.363. The van der Waals surface area contributed by atoms with E-state index in [4.69, 9.17) is 10.1 Å². The maximum atomic E-state index is 7.28. The molecule has 0 aliphatic heterocycles. The van der Waals surface area contributed by atoms with Gasteiger partial charge in [0.25, 0.3) is 0 Å². The Hall–Kier alpha value is -2.35. The maximum Gasteiger partial charge on any atom is 0.128 e. The molecule has 0 unspecified atom stereocenters. The van der Waals surface area contributed by atoms with Crippen LogP contribution in [0.1, 0.15) is 11.1 Å². The third-order valence-electron chi connectivity index (χ3n) is 2.52. The molecule has 90 valence electrons. The summed E-state index contributed by atoms with van der Waals surface area (Å²) < 4.78 is 5.61. The van der Waals surface area contributed by atoms with Gasteiger partial charge in [-0.25, -0.2) is 0 Å². The van der Waals surface area contributed by atoms with E-state index in [-0.39, 0.29) is 0 Å². The first kappa shape index (κ1) is 12.1. The number of rotatable bonds is 5. The van der Waals surface area contributed by atoms with Crippen LogP contribution in [0.2, 0.25) is 0 Å². The van der Waals surface area contributed by atoms with E-state index in [1.807, 2.05) is 66.7 Å². The third-order valence-corrected chi connectivity index (χ3v) is 2.52. The first-order valence-electron chi connectivity index (χ1n) is 5.84. The SMILES string of the molecule is N=Cc1ccccc1OC/C=C/c1ccccc1. The standard InChI is InChI=1S/C16H15NO/c17-13-15-10-4-5-11-16(15)18-12-6-9-14-7-2-1-3-8-14/h1-11,13,17H,12H2/b9-6+,17-13?. The zero-order valence-corrected chi connectivity index (χ0v) is 10.0. The van der Waals surface area contributed by atoms with Crippen LogP contribution in [0.25, 0.3) is 6.08 Å². The van der Waals surface area contributed by atoms with Gasteiger partial charge in [0.15, 0.2) is 0 Å². The van der Waals surface area contributed by atoms with Crippen LogP contribution in [0, 0.1) is 5.41 Å². The molecule has 0 bridgehead atoms. The molecule has 0 saturated carbocycles. The van der Waals surface area contributed by atoms with Crippen LogP contribution >= 0.6 is 0 Å². The highest BCUT2D eigenvalue weighted by atomic mass is 16.5. The fourth-order valence-corrected chi connectivity index (χ4v) is 1.62. The predicted molar refractivity (Wildman–Crippen MR) is 75.3 cm³/mol. The molecule has 2 nitrogen and oxygen atoms in total. The van der Waals surface area contributed by atoms with E-state index >= 15 is 0 Å². The van der Waals surface area contributed by atoms with Crippen molar-refractivity contribution >= 4 is 12.3 Å². The van der Waals surface area contributed by atoms with Gasteiger partial charge in [-0.15, -0.1) is 0 Å². The Morgan fingerprint density at radius 2 is 1.67 bits per heavy atom. The van der Waals surface area contributed by atoms with Gasteiger partial charge in [0, 0.05) is 11.8 Å². The second-order valence-electron chi connectivity index (χ2n) is 3.81. The highest BCUT2D eigenvalue weighted by molar-refractivity contribution is 5.81. The van der Waals surface area contributed by atoms with Gasteiger partial charge in [-0.2, -0.15) is 0 Å². The van der Waals surface area contributed by atoms with Gasteiger partial charge in [0.1, 0.15) is 12.4 Å². The fraction of sp³-hybridized carbons (Fsp3) is 0.0625. The van der Waals surface area contributed by atoms with Gasteiger partial charge in [-0.3, -0.25) is 0 Å². The van der Waals surface area contributed by atoms with Crippen molar-refractivity contribution in [3.8, 4) is 5.75 Å². The van der Waals surface area contributed by atoms with Gasteiger partial charge >= 0.3 is 0 Å². The second-order valence-corrected chi connectivity index (χ2v) is 3.81. The summed E-state index contributed by atoms with van der Waals surface area (Å²) in [6.45, 7) is 0.500. The average molecular weight is 237 g/mol. The smallest absolute Gasteiger partial charge is 0.128 e. The lowest BCUT2D eigenvalue weighted by Gasteiger charge is -2.05. The molecule has 0 aliphatic rings. The van der Waals surface area contributed by atoms with Crippen molar-refractivity contribution in [1.29, 1.82) is 5.41 Å². The lowest BCUT2D eigenvalue weighted by Crippen LogP contribution is -1.96. The van der Waals surface area contributed by atoms with Gasteiger partial charge in [0.05, 0.1) is 0 Å². The second kappa shape index (κ2) is 6.40. The number of para-hydroxylation sites is 1. The van der Waals surface area contributed by atoms with E-state index in [1.54, 1.807) is 0 Å². The molecule has 0 radical (unpaired) electrons. The minimum absolute atomic E-state index is 0.500. The summed E-state index contributed by atoms with van der Waals surface area (Å²) in [5, 5.41) is 7.28. The van der Waals surface area contributed by atoms with Crippen LogP contribution in [0.5, 0.6) is 5.75 Å². The van der Waals surface area contributed by atoms with Crippen molar-refractivity contribution in [2.75, 3.05) is 6.61 Å². The molecule has 0 atom stereocenters. The summed E-state index contributed by atoms with van der Waals surface area (Å²) in [6.07, 6.45) is 5.29. The molecule has 0 heterocycles. The maximum absolute atomic E-state index is 7.28. The van der Waals surface area contributed by atoms with Crippen molar-refractivity contribution in [2.24, 2.45) is 0 Å². The molecule has 2 heteroatoms. The van der Waals surface area contributed by atoms with Gasteiger partial charge in [-0.05, 0) is 23.8 Å². The zero-order chi connectivity index (χ0) is 12.6. The summed E-state index contributed by atoms with van der Waals surface area (Å²) >= 11 is 0. The van der Waals surface area contributed by atoms with E-state index < -0.39 is 0 Å². The van der Waals surface area contributed by atoms with Crippen molar-refractivity contribution in [2.45, 2.75) is 0 Å². The Bertz CT molecular complexity index is 532. The summed E-state index contributed by atoms with van der Waals surface area (Å²) in [5.41, 5.74) is 1.95. The van der Waals surface area contributed by atoms with E-state index in [0.29, 0.717) is 6.61 Å². The van der Waals surface area contributed by atoms with E-state index in [1.165, 1.54) is 6.21 Å². The number of ether oxygens (including phenoxy) is 1. The monoisotopic (exact) mass is 237 g/mol. The normalized spacial score (nSPS) is 10.4. The molecular formula is C16H15NO. The van der Waals surface area contributed by atoms with Gasteiger partial charge in [0.2, 0.25) is 0 Å². The van der Waals surface area contributed by atoms with E-state index in [0.717, 1.165) is 16.9 Å². The molecule has 0 amide bonds. The number of benzene rings is 2. The Morgan fingerprint density at radius 3 is 2.44 bits per heavy atom. The Balaban J connectivity index is 1.92. The number of hydrogen-bond acceptors (Lipinski definition) is 2. The van der Waals surface area contributed by atoms with Crippen LogP contribution in [-0.4, -0.2) is 12.8 Å². The third kappa shape index (κ3) is 3.32. The summed E-state index contributed by atoms with van der Waals surface area (Å²) in [4.78, 5) is 0. The van der Waals surface area contributed by atoms with E-state index in [9.17, 15) is 0 Å². The molecule has 2 rings (SSSR count). The number of hydrogen-bond donors (Lipinski definition) is 1. The summed E-state index contributed by atoms with van der Waals surface area (Å²) in [5.74, 6) is 0.741. The van der Waals surface area contributed by atoms with Crippen molar-refractivity contribution in [3.05, 3.63) is 71.8 Å². The predicted octanol–water partition coefficient (Wildman–Crippen LogP) is 3.78. The highest BCUT2D eigenvalue weighted by Crippen LogP contribution is 2.15. The molecule has 1 N–H and O–H groups in total. The molecule has 0 aliphatic carbocycles. The van der Waals surface area contributed by atoms with Gasteiger partial charge < -0.3 is 10.1 Å². The van der Waals surface area contributed by atoms with Crippen LogP contribution in [0.4, 0.5) is 0 Å². The van der Waals surface area contributed by atoms with Crippen LogP contribution in [0.15, 0.2) is 60.7 Å². The minimum atomic E-state index is 0.500. The first-order valence-corrected chi connectivity index (χ1v) is 5.84. The summed E-state index contributed by atoms with van der Waals surface area (Å²) in [6, 6.07) is 17.6. The molecule has 0 spiro atoms. The molecule has 18 heavy (non-hydrogen) atoms. The lowest BCUT2D eigenvalue weighted by atomic mass is 10.2. The van der Waals surface area contributed by atoms with Crippen molar-refractivity contribution in [3.63, 3.8) is 0 Å². The van der Waals surface area contributed by atoms with Gasteiger partial charge in [-0.1, -0.05) is 48.5 Å². The molecule has 0 fully saturated rings. The zero-order valence-electron chi connectivity index (χ0n) is 10.0. The molecule has 2 aromatic rings.